The van der Waals surface area contributed by atoms with Crippen molar-refractivity contribution in [3.05, 3.63) is 23.2 Å². The number of likely N-dealkylation sites (N-methyl/N-ethyl adjacent to an activating group) is 1. The molecule has 0 spiro atoms. The Kier molecular flexibility index (Phi) is 8.32. The molecule has 0 aromatic heterocycles. The van der Waals surface area contributed by atoms with Crippen molar-refractivity contribution < 1.29 is 22.7 Å². The SMILES string of the molecule is CN(CC(=O)Nc1ccc(Cl)c(S(=O)(=O)N2CCOCC2)c1)C(=O)CCC1CCCC1. The van der Waals surface area contributed by atoms with Gasteiger partial charge in [0.2, 0.25) is 21.8 Å². The number of nitrogens with zero attached hydrogens (tertiary/aromatic N) is 2. The van der Waals surface area contributed by atoms with Gasteiger partial charge in [0, 0.05) is 32.2 Å². The van der Waals surface area contributed by atoms with Crippen molar-refractivity contribution in [1.82, 2.24) is 9.21 Å². The molecule has 1 heterocycles. The summed E-state index contributed by atoms with van der Waals surface area (Å²) in [6.45, 7) is 1.06. The topological polar surface area (TPSA) is 96.0 Å². The quantitative estimate of drug-likeness (QED) is 0.628. The monoisotopic (exact) mass is 471 g/mol. The third-order valence-corrected chi connectivity index (χ3v) is 8.23. The van der Waals surface area contributed by atoms with Gasteiger partial charge >= 0.3 is 0 Å². The molecule has 1 aromatic rings. The summed E-state index contributed by atoms with van der Waals surface area (Å²) in [6.07, 6.45) is 6.15. The average Bonchev–Trinajstić information content (AvgIpc) is 3.27. The van der Waals surface area contributed by atoms with Gasteiger partial charge in [-0.25, -0.2) is 8.42 Å². The van der Waals surface area contributed by atoms with Gasteiger partial charge in [-0.15, -0.1) is 0 Å². The molecule has 8 nitrogen and oxygen atoms in total. The van der Waals surface area contributed by atoms with E-state index in [4.69, 9.17) is 16.3 Å². The van der Waals surface area contributed by atoms with Gasteiger partial charge in [0.05, 0.1) is 24.8 Å². The van der Waals surface area contributed by atoms with Crippen molar-refractivity contribution >= 4 is 39.1 Å². The van der Waals surface area contributed by atoms with Crippen LogP contribution in [0.3, 0.4) is 0 Å². The molecule has 2 fully saturated rings. The maximum atomic E-state index is 12.9. The van der Waals surface area contributed by atoms with Crippen LogP contribution in [0.5, 0.6) is 0 Å². The van der Waals surface area contributed by atoms with E-state index in [1.165, 1.54) is 47.0 Å². The molecule has 2 aliphatic rings. The summed E-state index contributed by atoms with van der Waals surface area (Å²) in [6, 6.07) is 4.34. The summed E-state index contributed by atoms with van der Waals surface area (Å²) in [5, 5.41) is 2.76. The third-order valence-electron chi connectivity index (χ3n) is 5.85. The maximum Gasteiger partial charge on any atom is 0.244 e. The third kappa shape index (κ3) is 6.41. The smallest absolute Gasteiger partial charge is 0.244 e. The Labute approximate surface area is 188 Å². The number of carbonyl (C=O) groups is 2. The van der Waals surface area contributed by atoms with Crippen LogP contribution in [0.25, 0.3) is 0 Å². The number of sulfonamides is 1. The molecule has 0 radical (unpaired) electrons. The van der Waals surface area contributed by atoms with E-state index in [-0.39, 0.29) is 35.5 Å². The molecule has 1 aliphatic heterocycles. The molecule has 1 aromatic carbocycles. The number of halogens is 1. The van der Waals surface area contributed by atoms with Crippen LogP contribution in [-0.2, 0) is 24.3 Å². The maximum absolute atomic E-state index is 12.9. The number of benzene rings is 1. The minimum Gasteiger partial charge on any atom is -0.379 e. The van der Waals surface area contributed by atoms with Crippen LogP contribution in [0.2, 0.25) is 5.02 Å². The van der Waals surface area contributed by atoms with Crippen LogP contribution < -0.4 is 5.32 Å². The van der Waals surface area contributed by atoms with Crippen LogP contribution in [0.15, 0.2) is 23.1 Å². The summed E-state index contributed by atoms with van der Waals surface area (Å²) in [5.41, 5.74) is 0.313. The Morgan fingerprint density at radius 1 is 1.23 bits per heavy atom. The molecule has 1 aliphatic carbocycles. The van der Waals surface area contributed by atoms with E-state index in [9.17, 15) is 18.0 Å². The van der Waals surface area contributed by atoms with Gasteiger partial charge < -0.3 is 15.0 Å². The molecule has 31 heavy (non-hydrogen) atoms. The fourth-order valence-electron chi connectivity index (χ4n) is 4.03. The molecular weight excluding hydrogens is 442 g/mol. The summed E-state index contributed by atoms with van der Waals surface area (Å²) in [7, 11) is -2.19. The zero-order valence-corrected chi connectivity index (χ0v) is 19.4. The van der Waals surface area contributed by atoms with E-state index in [1.807, 2.05) is 0 Å². The number of carbonyl (C=O) groups excluding carboxylic acids is 2. The van der Waals surface area contributed by atoms with E-state index in [0.29, 0.717) is 31.2 Å². The predicted octanol–water partition coefficient (Wildman–Crippen LogP) is 2.73. The number of amides is 2. The molecule has 1 saturated heterocycles. The average molecular weight is 472 g/mol. The molecule has 0 unspecified atom stereocenters. The predicted molar refractivity (Wildman–Crippen MR) is 118 cm³/mol. The zero-order chi connectivity index (χ0) is 22.4. The van der Waals surface area contributed by atoms with Crippen LogP contribution in [0.1, 0.15) is 38.5 Å². The van der Waals surface area contributed by atoms with Gasteiger partial charge in [-0.1, -0.05) is 37.3 Å². The van der Waals surface area contributed by atoms with E-state index in [1.54, 1.807) is 13.1 Å². The first kappa shape index (κ1) is 24.0. The van der Waals surface area contributed by atoms with Crippen LogP contribution in [-0.4, -0.2) is 69.3 Å². The second-order valence-corrected chi connectivity index (χ2v) is 10.5. The second kappa shape index (κ2) is 10.8. The molecule has 10 heteroatoms. The van der Waals surface area contributed by atoms with Gasteiger partial charge in [-0.05, 0) is 30.5 Å². The fourth-order valence-corrected chi connectivity index (χ4v) is 5.93. The number of hydrogen-bond acceptors (Lipinski definition) is 5. The summed E-state index contributed by atoms with van der Waals surface area (Å²) in [4.78, 5) is 26.1. The van der Waals surface area contributed by atoms with Crippen molar-refractivity contribution in [2.75, 3.05) is 45.2 Å². The summed E-state index contributed by atoms with van der Waals surface area (Å²) in [5.74, 6) is 0.162. The highest BCUT2D eigenvalue weighted by Crippen LogP contribution is 2.29. The summed E-state index contributed by atoms with van der Waals surface area (Å²) >= 11 is 6.15. The molecule has 1 saturated carbocycles. The highest BCUT2D eigenvalue weighted by Gasteiger charge is 2.29. The zero-order valence-electron chi connectivity index (χ0n) is 17.8. The molecular formula is C21H30ClN3O5S. The minimum absolute atomic E-state index is 0.0603. The Balaban J connectivity index is 1.58. The first-order valence-corrected chi connectivity index (χ1v) is 12.5. The Bertz CT molecular complexity index is 896. The van der Waals surface area contributed by atoms with E-state index in [0.717, 1.165) is 6.42 Å². The Morgan fingerprint density at radius 3 is 2.58 bits per heavy atom. The van der Waals surface area contributed by atoms with E-state index >= 15 is 0 Å². The van der Waals surface area contributed by atoms with Crippen molar-refractivity contribution in [2.24, 2.45) is 5.92 Å². The van der Waals surface area contributed by atoms with Crippen LogP contribution in [0, 0.1) is 5.92 Å². The highest BCUT2D eigenvalue weighted by atomic mass is 35.5. The lowest BCUT2D eigenvalue weighted by Gasteiger charge is -2.26. The van der Waals surface area contributed by atoms with Gasteiger partial charge in [0.25, 0.3) is 0 Å². The van der Waals surface area contributed by atoms with Crippen molar-refractivity contribution in [1.29, 1.82) is 0 Å². The molecule has 0 atom stereocenters. The van der Waals surface area contributed by atoms with Crippen LogP contribution in [0.4, 0.5) is 5.69 Å². The number of anilines is 1. The lowest BCUT2D eigenvalue weighted by molar-refractivity contribution is -0.133. The molecule has 3 rings (SSSR count). The van der Waals surface area contributed by atoms with Crippen molar-refractivity contribution in [3.8, 4) is 0 Å². The number of morpholine rings is 1. The van der Waals surface area contributed by atoms with Crippen molar-refractivity contribution in [2.45, 2.75) is 43.4 Å². The normalized spacial score (nSPS) is 18.1. The number of nitrogens with one attached hydrogen (secondary N) is 1. The molecule has 0 bridgehead atoms. The first-order chi connectivity index (χ1) is 14.8. The lowest BCUT2D eigenvalue weighted by Crippen LogP contribution is -2.40. The summed E-state index contributed by atoms with van der Waals surface area (Å²) < 4.78 is 32.4. The van der Waals surface area contributed by atoms with Gasteiger partial charge in [0.1, 0.15) is 4.90 Å². The Hall–Kier alpha value is -1.68. The van der Waals surface area contributed by atoms with Crippen molar-refractivity contribution in [3.63, 3.8) is 0 Å². The van der Waals surface area contributed by atoms with Gasteiger partial charge in [0.15, 0.2) is 0 Å². The lowest BCUT2D eigenvalue weighted by atomic mass is 10.0. The highest BCUT2D eigenvalue weighted by molar-refractivity contribution is 7.89. The largest absolute Gasteiger partial charge is 0.379 e. The first-order valence-electron chi connectivity index (χ1n) is 10.7. The number of rotatable bonds is 8. The number of hydrogen-bond donors (Lipinski definition) is 1. The van der Waals surface area contributed by atoms with E-state index < -0.39 is 15.9 Å². The van der Waals surface area contributed by atoms with Crippen LogP contribution >= 0.6 is 11.6 Å². The Morgan fingerprint density at radius 2 is 1.90 bits per heavy atom. The minimum atomic E-state index is -3.80. The van der Waals surface area contributed by atoms with E-state index in [2.05, 4.69) is 5.32 Å². The molecule has 1 N–H and O–H groups in total. The second-order valence-electron chi connectivity index (χ2n) is 8.15. The molecule has 2 amide bonds. The van der Waals surface area contributed by atoms with Gasteiger partial charge in [-0.2, -0.15) is 4.31 Å². The molecule has 172 valence electrons. The van der Waals surface area contributed by atoms with Gasteiger partial charge in [-0.3, -0.25) is 9.59 Å². The standard InChI is InChI=1S/C21H30ClN3O5S/c1-24(21(27)9-6-16-4-2-3-5-16)15-20(26)23-17-7-8-18(22)19(14-17)31(28,29)25-10-12-30-13-11-25/h7-8,14,16H,2-6,9-13,15H2,1H3,(H,23,26). The fraction of sp³-hybridized carbons (Fsp3) is 0.619. The number of ether oxygens (including phenoxy) is 1.